The largest absolute Gasteiger partial charge is 0.394 e. The first kappa shape index (κ1) is 16.9. The van der Waals surface area contributed by atoms with Crippen molar-refractivity contribution in [2.24, 2.45) is 7.05 Å². The van der Waals surface area contributed by atoms with E-state index in [1.807, 2.05) is 42.9 Å². The maximum absolute atomic E-state index is 6.16. The Kier molecular flexibility index (Phi) is 5.11. The first-order valence-electron chi connectivity index (χ1n) is 8.23. The summed E-state index contributed by atoms with van der Waals surface area (Å²) in [4.78, 5) is 4.77. The Morgan fingerprint density at radius 1 is 1.17 bits per heavy atom. The Morgan fingerprint density at radius 2 is 1.83 bits per heavy atom. The van der Waals surface area contributed by atoms with Crippen molar-refractivity contribution in [1.82, 2.24) is 14.7 Å². The molecule has 0 aliphatic carbocycles. The molecule has 0 radical (unpaired) electrons. The van der Waals surface area contributed by atoms with Crippen molar-refractivity contribution in [2.45, 2.75) is 6.92 Å². The van der Waals surface area contributed by atoms with Gasteiger partial charge in [-0.2, -0.15) is 5.10 Å². The molecule has 0 atom stereocenters. The van der Waals surface area contributed by atoms with Crippen molar-refractivity contribution in [2.75, 3.05) is 43.4 Å². The molecule has 0 saturated carbocycles. The van der Waals surface area contributed by atoms with E-state index in [0.717, 1.165) is 54.9 Å². The normalized spacial score (nSPS) is 16.2. The number of nitrogens with two attached hydrogens (primary N) is 1. The van der Waals surface area contributed by atoms with Gasteiger partial charge in [0.25, 0.3) is 0 Å². The van der Waals surface area contributed by atoms with Crippen LogP contribution in [0.1, 0.15) is 11.3 Å². The van der Waals surface area contributed by atoms with Gasteiger partial charge in [0.2, 0.25) is 0 Å². The van der Waals surface area contributed by atoms with E-state index < -0.39 is 0 Å². The lowest BCUT2D eigenvalue weighted by molar-refractivity contribution is 0.283. The van der Waals surface area contributed by atoms with E-state index in [-0.39, 0.29) is 0 Å². The highest BCUT2D eigenvalue weighted by molar-refractivity contribution is 6.30. The first-order chi connectivity index (χ1) is 11.5. The zero-order chi connectivity index (χ0) is 17.1. The molecule has 3 rings (SSSR count). The van der Waals surface area contributed by atoms with Crippen LogP contribution in [0.5, 0.6) is 0 Å². The van der Waals surface area contributed by atoms with Gasteiger partial charge in [-0.3, -0.25) is 9.58 Å². The van der Waals surface area contributed by atoms with E-state index in [9.17, 15) is 0 Å². The van der Waals surface area contributed by atoms with E-state index in [1.165, 1.54) is 5.56 Å². The molecule has 128 valence electrons. The Balaban J connectivity index is 1.53. The van der Waals surface area contributed by atoms with Gasteiger partial charge in [-0.1, -0.05) is 35.9 Å². The summed E-state index contributed by atoms with van der Waals surface area (Å²) in [5.74, 6) is 1.05. The van der Waals surface area contributed by atoms with Gasteiger partial charge >= 0.3 is 0 Å². The second kappa shape index (κ2) is 7.28. The van der Waals surface area contributed by atoms with Crippen LogP contribution in [0.25, 0.3) is 6.08 Å². The smallest absolute Gasteiger partial charge is 0.150 e. The van der Waals surface area contributed by atoms with Gasteiger partial charge in [0.15, 0.2) is 0 Å². The van der Waals surface area contributed by atoms with Crippen molar-refractivity contribution >= 4 is 29.2 Å². The van der Waals surface area contributed by atoms with Crippen LogP contribution in [0.15, 0.2) is 30.3 Å². The molecule has 1 saturated heterocycles. The zero-order valence-electron chi connectivity index (χ0n) is 14.2. The molecule has 6 heteroatoms. The van der Waals surface area contributed by atoms with Gasteiger partial charge < -0.3 is 10.6 Å². The van der Waals surface area contributed by atoms with Gasteiger partial charge in [-0.25, -0.2) is 0 Å². The minimum Gasteiger partial charge on any atom is -0.394 e. The SMILES string of the molecule is Cc1nn(C)c(N2CCN(CC=Cc3ccc(Cl)cc3)CC2)c1N. The molecular formula is C18H24ClN5. The lowest BCUT2D eigenvalue weighted by Crippen LogP contribution is -2.47. The number of piperazine rings is 1. The second-order valence-corrected chi connectivity index (χ2v) is 6.62. The molecular weight excluding hydrogens is 322 g/mol. The molecule has 2 heterocycles. The zero-order valence-corrected chi connectivity index (χ0v) is 15.0. The summed E-state index contributed by atoms with van der Waals surface area (Å²) in [6, 6.07) is 7.90. The standard InChI is InChI=1S/C18H24ClN5/c1-14-17(20)18(22(2)21-14)24-12-10-23(11-13-24)9-3-4-15-5-7-16(19)8-6-15/h3-8H,9-13,20H2,1-2H3. The highest BCUT2D eigenvalue weighted by Gasteiger charge is 2.21. The van der Waals surface area contributed by atoms with Gasteiger partial charge in [-0.15, -0.1) is 0 Å². The minimum absolute atomic E-state index is 0.771. The number of aryl methyl sites for hydroxylation is 2. The molecule has 1 aliphatic rings. The number of nitrogen functional groups attached to an aromatic ring is 1. The summed E-state index contributed by atoms with van der Waals surface area (Å²) in [6.07, 6.45) is 4.35. The molecule has 0 amide bonds. The number of hydrogen-bond donors (Lipinski definition) is 1. The highest BCUT2D eigenvalue weighted by atomic mass is 35.5. The molecule has 5 nitrogen and oxygen atoms in total. The van der Waals surface area contributed by atoms with Crippen molar-refractivity contribution < 1.29 is 0 Å². The van der Waals surface area contributed by atoms with Gasteiger partial charge in [0, 0.05) is 44.8 Å². The van der Waals surface area contributed by atoms with Crippen LogP contribution in [0, 0.1) is 6.92 Å². The Bertz CT molecular complexity index is 712. The van der Waals surface area contributed by atoms with Crippen LogP contribution in [0.2, 0.25) is 5.02 Å². The molecule has 0 unspecified atom stereocenters. The van der Waals surface area contributed by atoms with Crippen molar-refractivity contribution in [3.05, 3.63) is 46.6 Å². The highest BCUT2D eigenvalue weighted by Crippen LogP contribution is 2.26. The molecule has 1 fully saturated rings. The first-order valence-corrected chi connectivity index (χ1v) is 8.61. The summed E-state index contributed by atoms with van der Waals surface area (Å²) in [5, 5.41) is 5.18. The Morgan fingerprint density at radius 3 is 2.42 bits per heavy atom. The summed E-state index contributed by atoms with van der Waals surface area (Å²) >= 11 is 5.90. The van der Waals surface area contributed by atoms with Crippen LogP contribution >= 0.6 is 11.6 Å². The third-order valence-electron chi connectivity index (χ3n) is 4.45. The van der Waals surface area contributed by atoms with E-state index in [2.05, 4.69) is 27.1 Å². The number of anilines is 2. The third-order valence-corrected chi connectivity index (χ3v) is 4.70. The predicted molar refractivity (Wildman–Crippen MR) is 101 cm³/mol. The van der Waals surface area contributed by atoms with Crippen molar-refractivity contribution in [3.63, 3.8) is 0 Å². The molecule has 2 aromatic rings. The van der Waals surface area contributed by atoms with Crippen LogP contribution in [0.4, 0.5) is 11.5 Å². The fourth-order valence-corrected chi connectivity index (χ4v) is 3.22. The fraction of sp³-hybridized carbons (Fsp3) is 0.389. The Labute approximate surface area is 148 Å². The molecule has 1 aromatic heterocycles. The molecule has 1 aromatic carbocycles. The number of rotatable bonds is 4. The number of hydrogen-bond acceptors (Lipinski definition) is 4. The predicted octanol–water partition coefficient (Wildman–Crippen LogP) is 2.80. The third kappa shape index (κ3) is 3.74. The molecule has 24 heavy (non-hydrogen) atoms. The number of benzene rings is 1. The average Bonchev–Trinajstić information content (AvgIpc) is 2.83. The maximum atomic E-state index is 6.16. The van der Waals surface area contributed by atoms with Gasteiger partial charge in [0.1, 0.15) is 5.82 Å². The van der Waals surface area contributed by atoms with E-state index >= 15 is 0 Å². The van der Waals surface area contributed by atoms with E-state index in [1.54, 1.807) is 0 Å². The number of nitrogens with zero attached hydrogens (tertiary/aromatic N) is 4. The summed E-state index contributed by atoms with van der Waals surface area (Å²) in [7, 11) is 1.96. The maximum Gasteiger partial charge on any atom is 0.150 e. The van der Waals surface area contributed by atoms with E-state index in [4.69, 9.17) is 17.3 Å². The quantitative estimate of drug-likeness (QED) is 0.925. The Hall–Kier alpha value is -1.98. The lowest BCUT2D eigenvalue weighted by Gasteiger charge is -2.35. The van der Waals surface area contributed by atoms with Gasteiger partial charge in [-0.05, 0) is 24.6 Å². The van der Waals surface area contributed by atoms with E-state index in [0.29, 0.717) is 0 Å². The average molecular weight is 346 g/mol. The van der Waals surface area contributed by atoms with Crippen LogP contribution < -0.4 is 10.6 Å². The number of aromatic nitrogens is 2. The lowest BCUT2D eigenvalue weighted by atomic mass is 10.2. The van der Waals surface area contributed by atoms with Crippen molar-refractivity contribution in [3.8, 4) is 0 Å². The topological polar surface area (TPSA) is 50.3 Å². The van der Waals surface area contributed by atoms with Crippen molar-refractivity contribution in [1.29, 1.82) is 0 Å². The van der Waals surface area contributed by atoms with Crippen LogP contribution in [-0.4, -0.2) is 47.4 Å². The fourth-order valence-electron chi connectivity index (χ4n) is 3.09. The van der Waals surface area contributed by atoms with Crippen LogP contribution in [-0.2, 0) is 7.05 Å². The second-order valence-electron chi connectivity index (χ2n) is 6.19. The summed E-state index contributed by atoms with van der Waals surface area (Å²) < 4.78 is 1.89. The summed E-state index contributed by atoms with van der Waals surface area (Å²) in [6.45, 7) is 6.90. The summed E-state index contributed by atoms with van der Waals surface area (Å²) in [5.41, 5.74) is 9.05. The van der Waals surface area contributed by atoms with Crippen LogP contribution in [0.3, 0.4) is 0 Å². The minimum atomic E-state index is 0.771. The van der Waals surface area contributed by atoms with Gasteiger partial charge in [0.05, 0.1) is 11.4 Å². The molecule has 0 spiro atoms. The molecule has 2 N–H and O–H groups in total. The number of halogens is 1. The monoisotopic (exact) mass is 345 g/mol. The molecule has 1 aliphatic heterocycles. The molecule has 0 bridgehead atoms.